The second-order valence-corrected chi connectivity index (χ2v) is 8.95. The number of esters is 1. The van der Waals surface area contributed by atoms with Crippen LogP contribution in [0.25, 0.3) is 0 Å². The number of hydrogen-bond acceptors (Lipinski definition) is 7. The largest absolute Gasteiger partial charge is 0.472 e. The van der Waals surface area contributed by atoms with Crippen molar-refractivity contribution in [1.29, 1.82) is 0 Å². The van der Waals surface area contributed by atoms with E-state index in [2.05, 4.69) is 5.16 Å². The van der Waals surface area contributed by atoms with Gasteiger partial charge >= 0.3 is 5.97 Å². The first-order chi connectivity index (χ1) is 15.9. The van der Waals surface area contributed by atoms with E-state index in [0.717, 1.165) is 25.9 Å². The first-order valence-corrected chi connectivity index (χ1v) is 11.0. The van der Waals surface area contributed by atoms with E-state index >= 15 is 0 Å². The van der Waals surface area contributed by atoms with Crippen molar-refractivity contribution in [2.24, 2.45) is 11.7 Å². The van der Waals surface area contributed by atoms with E-state index in [4.69, 9.17) is 19.4 Å². The summed E-state index contributed by atoms with van der Waals surface area (Å²) in [6.07, 6.45) is 5.23. The molecule has 2 bridgehead atoms. The predicted octanol–water partition coefficient (Wildman–Crippen LogP) is 1.88. The topological polar surface area (TPSA) is 129 Å². The fraction of sp³-hybridized carbons (Fsp3) is 0.375. The molecule has 0 spiro atoms. The van der Waals surface area contributed by atoms with Crippen molar-refractivity contribution in [3.63, 3.8) is 0 Å². The maximum absolute atomic E-state index is 13.5. The van der Waals surface area contributed by atoms with Crippen molar-refractivity contribution in [2.75, 3.05) is 19.6 Å². The molecule has 3 aliphatic heterocycles. The van der Waals surface area contributed by atoms with E-state index in [9.17, 15) is 14.7 Å². The number of carbonyl (C=O) groups excluding carboxylic acids is 2. The number of benzene rings is 1. The molecule has 1 aromatic carbocycles. The Morgan fingerprint density at radius 3 is 2.48 bits per heavy atom. The molecule has 0 saturated carbocycles. The molecular formula is C24H26N3O6+. The third-order valence-electron chi connectivity index (χ3n) is 7.20. The van der Waals surface area contributed by atoms with Gasteiger partial charge < -0.3 is 29.0 Å². The Labute approximate surface area is 190 Å². The summed E-state index contributed by atoms with van der Waals surface area (Å²) in [6.45, 7) is 1.86. The van der Waals surface area contributed by atoms with Crippen molar-refractivity contribution in [2.45, 2.75) is 30.6 Å². The number of primary amides is 1. The van der Waals surface area contributed by atoms with Crippen molar-refractivity contribution in [1.82, 2.24) is 5.16 Å². The van der Waals surface area contributed by atoms with Gasteiger partial charge in [-0.3, -0.25) is 4.79 Å². The van der Waals surface area contributed by atoms with E-state index in [1.165, 1.54) is 18.8 Å². The lowest BCUT2D eigenvalue weighted by Gasteiger charge is -2.54. The molecule has 6 rings (SSSR count). The zero-order valence-corrected chi connectivity index (χ0v) is 18.0. The summed E-state index contributed by atoms with van der Waals surface area (Å²) >= 11 is 0. The van der Waals surface area contributed by atoms with E-state index in [1.54, 1.807) is 42.5 Å². The number of quaternary nitrogens is 1. The number of aliphatic hydroxyl groups is 1. The van der Waals surface area contributed by atoms with Crippen LogP contribution in [0.4, 0.5) is 0 Å². The minimum Gasteiger partial charge on any atom is -0.472 e. The van der Waals surface area contributed by atoms with Crippen LogP contribution in [0.5, 0.6) is 0 Å². The van der Waals surface area contributed by atoms with E-state index < -0.39 is 29.6 Å². The van der Waals surface area contributed by atoms with Crippen molar-refractivity contribution >= 4 is 11.9 Å². The Kier molecular flexibility index (Phi) is 5.30. The highest BCUT2D eigenvalue weighted by Gasteiger charge is 2.55. The van der Waals surface area contributed by atoms with Crippen LogP contribution >= 0.6 is 0 Å². The van der Waals surface area contributed by atoms with Crippen LogP contribution in [0.1, 0.15) is 35.7 Å². The third-order valence-corrected chi connectivity index (χ3v) is 7.20. The molecule has 1 amide bonds. The smallest absolute Gasteiger partial charge is 0.348 e. The SMILES string of the molecule is NC(=O)C(c1ccon1)[N+]12CCC(CC1)[C@@H](OC(=O)C(O)(c1ccccc1)c1ccoc1)C2. The fourth-order valence-electron chi connectivity index (χ4n) is 5.49. The monoisotopic (exact) mass is 452 g/mol. The van der Waals surface area contributed by atoms with Gasteiger partial charge in [0, 0.05) is 30.4 Å². The van der Waals surface area contributed by atoms with Gasteiger partial charge in [0.1, 0.15) is 12.8 Å². The molecule has 3 N–H and O–H groups in total. The zero-order chi connectivity index (χ0) is 23.1. The average Bonchev–Trinajstić information content (AvgIpc) is 3.54. The Morgan fingerprint density at radius 2 is 1.88 bits per heavy atom. The Hall–Kier alpha value is -3.43. The molecular weight excluding hydrogens is 426 g/mol. The fourth-order valence-corrected chi connectivity index (χ4v) is 5.49. The number of nitrogens with two attached hydrogens (primary N) is 1. The summed E-state index contributed by atoms with van der Waals surface area (Å²) < 4.78 is 16.5. The van der Waals surface area contributed by atoms with Crippen molar-refractivity contribution < 1.29 is 32.9 Å². The summed E-state index contributed by atoms with van der Waals surface area (Å²) in [4.78, 5) is 26.0. The molecule has 33 heavy (non-hydrogen) atoms. The van der Waals surface area contributed by atoms with Crippen LogP contribution in [0, 0.1) is 5.92 Å². The van der Waals surface area contributed by atoms with Crippen LogP contribution in [-0.2, 0) is 19.9 Å². The second kappa shape index (κ2) is 8.17. The summed E-state index contributed by atoms with van der Waals surface area (Å²) in [5, 5.41) is 15.6. The summed E-state index contributed by atoms with van der Waals surface area (Å²) in [7, 11) is 0. The highest BCUT2D eigenvalue weighted by Crippen LogP contribution is 2.43. The van der Waals surface area contributed by atoms with Gasteiger partial charge in [-0.05, 0) is 11.6 Å². The number of ether oxygens (including phenoxy) is 1. The maximum atomic E-state index is 13.5. The van der Waals surface area contributed by atoms with Crippen molar-refractivity contribution in [3.05, 3.63) is 78.1 Å². The highest BCUT2D eigenvalue weighted by molar-refractivity contribution is 5.85. The van der Waals surface area contributed by atoms with Crippen LogP contribution in [-0.4, -0.2) is 52.4 Å². The first kappa shape index (κ1) is 21.4. The van der Waals surface area contributed by atoms with Gasteiger partial charge in [0.05, 0.1) is 25.6 Å². The zero-order valence-electron chi connectivity index (χ0n) is 18.0. The van der Waals surface area contributed by atoms with Crippen LogP contribution in [0.3, 0.4) is 0 Å². The quantitative estimate of drug-likeness (QED) is 0.414. The predicted molar refractivity (Wildman–Crippen MR) is 114 cm³/mol. The number of rotatable bonds is 7. The molecule has 2 unspecified atom stereocenters. The summed E-state index contributed by atoms with van der Waals surface area (Å²) in [5.74, 6) is -1.12. The van der Waals surface area contributed by atoms with Crippen LogP contribution in [0.15, 0.2) is 70.2 Å². The maximum Gasteiger partial charge on any atom is 0.348 e. The molecule has 3 aromatic rings. The lowest BCUT2D eigenvalue weighted by Crippen LogP contribution is -2.67. The van der Waals surface area contributed by atoms with Gasteiger partial charge in [-0.2, -0.15) is 0 Å². The second-order valence-electron chi connectivity index (χ2n) is 8.95. The van der Waals surface area contributed by atoms with Gasteiger partial charge in [-0.1, -0.05) is 35.5 Å². The number of nitrogens with zero attached hydrogens (tertiary/aromatic N) is 2. The Bertz CT molecular complexity index is 1110. The Balaban J connectivity index is 1.44. The normalized spacial score (nSPS) is 26.9. The molecule has 2 aromatic heterocycles. The lowest BCUT2D eigenvalue weighted by atomic mass is 9.81. The number of furan rings is 1. The molecule has 3 fully saturated rings. The van der Waals surface area contributed by atoms with Crippen molar-refractivity contribution in [3.8, 4) is 0 Å². The molecule has 9 heteroatoms. The molecule has 3 saturated heterocycles. The number of aromatic nitrogens is 1. The van der Waals surface area contributed by atoms with Gasteiger partial charge in [0.2, 0.25) is 11.6 Å². The van der Waals surface area contributed by atoms with Crippen LogP contribution < -0.4 is 5.73 Å². The lowest BCUT2D eigenvalue weighted by molar-refractivity contribution is -0.965. The number of amides is 1. The van der Waals surface area contributed by atoms with Gasteiger partial charge in [-0.15, -0.1) is 0 Å². The first-order valence-electron chi connectivity index (χ1n) is 11.0. The van der Waals surface area contributed by atoms with Gasteiger partial charge in [-0.25, -0.2) is 4.79 Å². The highest BCUT2D eigenvalue weighted by atomic mass is 16.6. The minimum atomic E-state index is -2.01. The van der Waals surface area contributed by atoms with Crippen LogP contribution in [0.2, 0.25) is 0 Å². The molecule has 3 aliphatic rings. The number of carbonyl (C=O) groups is 2. The standard InChI is InChI=1S/C24H25N3O6/c25-22(28)21(19-9-13-32-26-19)27-10-6-16(7-11-27)20(14-27)33-23(29)24(30,18-8-12-31-15-18)17-4-2-1-3-5-17/h1-5,8-9,12-13,15-16,20-21,30H,6-7,10-11,14H2,(H-,25,28)/p+1/t16?,20-,21?,24?,27?/m0/s1. The molecule has 0 aliphatic carbocycles. The molecule has 3 atom stereocenters. The van der Waals surface area contributed by atoms with E-state index in [0.29, 0.717) is 27.8 Å². The number of fused-ring (bicyclic) bond motifs is 3. The molecule has 0 radical (unpaired) electrons. The third kappa shape index (κ3) is 3.53. The molecule has 5 heterocycles. The molecule has 172 valence electrons. The average molecular weight is 452 g/mol. The molecule has 9 nitrogen and oxygen atoms in total. The number of piperidine rings is 3. The van der Waals surface area contributed by atoms with E-state index in [1.807, 2.05) is 0 Å². The summed E-state index contributed by atoms with van der Waals surface area (Å²) in [6, 6.07) is 11.2. The summed E-state index contributed by atoms with van der Waals surface area (Å²) in [5.41, 5.74) is 4.94. The van der Waals surface area contributed by atoms with E-state index in [-0.39, 0.29) is 5.92 Å². The van der Waals surface area contributed by atoms with Gasteiger partial charge in [0.15, 0.2) is 11.8 Å². The minimum absolute atomic E-state index is 0.143. The number of hydrogen-bond donors (Lipinski definition) is 2. The Morgan fingerprint density at radius 1 is 1.12 bits per heavy atom. The van der Waals surface area contributed by atoms with Gasteiger partial charge in [0.25, 0.3) is 5.91 Å².